The zero-order valence-electron chi connectivity index (χ0n) is 11.7. The van der Waals surface area contributed by atoms with Crippen molar-refractivity contribution in [3.05, 3.63) is 33.9 Å². The van der Waals surface area contributed by atoms with Gasteiger partial charge in [-0.2, -0.15) is 0 Å². The van der Waals surface area contributed by atoms with Crippen LogP contribution in [0.25, 0.3) is 0 Å². The summed E-state index contributed by atoms with van der Waals surface area (Å²) in [5, 5.41) is 18.3. The van der Waals surface area contributed by atoms with Crippen LogP contribution in [-0.2, 0) is 14.6 Å². The number of nitrogen functional groups attached to an aromatic ring is 1. The fourth-order valence-corrected chi connectivity index (χ4v) is 3.78. The molecule has 11 heteroatoms. The van der Waals surface area contributed by atoms with Crippen LogP contribution in [0.15, 0.2) is 18.2 Å². The lowest BCUT2D eigenvalue weighted by Gasteiger charge is -2.30. The second-order valence-corrected chi connectivity index (χ2v) is 7.25. The molecule has 1 fully saturated rings. The molecule has 1 aromatic carbocycles. The topological polar surface area (TPSA) is 161 Å². The van der Waals surface area contributed by atoms with Crippen LogP contribution in [0, 0.1) is 10.1 Å². The minimum absolute atomic E-state index is 0.135. The highest BCUT2D eigenvalue weighted by atomic mass is 32.2. The van der Waals surface area contributed by atoms with E-state index in [2.05, 4.69) is 0 Å². The fourth-order valence-electron chi connectivity index (χ4n) is 2.30. The third-order valence-electron chi connectivity index (χ3n) is 3.51. The molecule has 1 unspecified atom stereocenters. The van der Waals surface area contributed by atoms with Gasteiger partial charge in [0.1, 0.15) is 5.56 Å². The maximum atomic E-state index is 12.5. The van der Waals surface area contributed by atoms with E-state index >= 15 is 0 Å². The lowest BCUT2D eigenvalue weighted by atomic mass is 10.1. The Morgan fingerprint density at radius 1 is 1.39 bits per heavy atom. The number of nitro benzene ring substituents is 1. The van der Waals surface area contributed by atoms with Crippen LogP contribution in [0.1, 0.15) is 10.4 Å². The van der Waals surface area contributed by atoms with Crippen LogP contribution in [0.2, 0.25) is 0 Å². The van der Waals surface area contributed by atoms with Crippen molar-refractivity contribution in [1.29, 1.82) is 0 Å². The number of benzene rings is 1. The lowest BCUT2D eigenvalue weighted by Crippen LogP contribution is -2.52. The summed E-state index contributed by atoms with van der Waals surface area (Å²) in [5.74, 6) is -2.97. The Labute approximate surface area is 130 Å². The van der Waals surface area contributed by atoms with E-state index in [4.69, 9.17) is 10.8 Å². The van der Waals surface area contributed by atoms with E-state index in [1.807, 2.05) is 0 Å². The van der Waals surface area contributed by atoms with Crippen LogP contribution in [0.5, 0.6) is 0 Å². The Kier molecular flexibility index (Phi) is 4.23. The molecular weight excluding hydrogens is 330 g/mol. The summed E-state index contributed by atoms with van der Waals surface area (Å²) >= 11 is 0. The van der Waals surface area contributed by atoms with Gasteiger partial charge >= 0.3 is 5.97 Å². The molecular formula is C12H13N3O7S. The van der Waals surface area contributed by atoms with E-state index in [1.54, 1.807) is 0 Å². The van der Waals surface area contributed by atoms with Crippen molar-refractivity contribution >= 4 is 33.1 Å². The molecule has 1 amide bonds. The number of hydrogen-bond donors (Lipinski definition) is 2. The number of nitro groups is 1. The summed E-state index contributed by atoms with van der Waals surface area (Å²) in [6.07, 6.45) is 0. The Hall–Kier alpha value is -2.69. The van der Waals surface area contributed by atoms with Gasteiger partial charge < -0.3 is 15.7 Å². The molecule has 23 heavy (non-hydrogen) atoms. The van der Waals surface area contributed by atoms with Gasteiger partial charge in [-0.15, -0.1) is 0 Å². The first-order valence-electron chi connectivity index (χ1n) is 6.41. The number of carbonyl (C=O) groups is 2. The Balaban J connectivity index is 2.39. The zero-order valence-corrected chi connectivity index (χ0v) is 12.5. The van der Waals surface area contributed by atoms with Crippen LogP contribution in [-0.4, -0.2) is 59.3 Å². The minimum atomic E-state index is -3.87. The number of carboxylic acid groups (broad SMARTS) is 1. The van der Waals surface area contributed by atoms with E-state index in [0.717, 1.165) is 11.0 Å². The molecule has 1 aliphatic heterocycles. The molecule has 10 nitrogen and oxygen atoms in total. The summed E-state index contributed by atoms with van der Waals surface area (Å²) in [6, 6.07) is 3.71. The van der Waals surface area contributed by atoms with Crippen molar-refractivity contribution in [3.63, 3.8) is 0 Å². The zero-order chi connectivity index (χ0) is 17.4. The Morgan fingerprint density at radius 2 is 2.04 bits per heavy atom. The number of sulfone groups is 1. The first-order valence-corrected chi connectivity index (χ1v) is 8.13. The first-order chi connectivity index (χ1) is 10.6. The third-order valence-corrected chi connectivity index (χ3v) is 5.48. The SMILES string of the molecule is Nc1cccc([N+](=O)[O-])c1C(=O)N1CCS(=O)(=O)C(C(=O)O)C1. The van der Waals surface area contributed by atoms with E-state index in [1.165, 1.54) is 12.1 Å². The monoisotopic (exact) mass is 343 g/mol. The molecule has 1 aromatic rings. The van der Waals surface area contributed by atoms with Crippen LogP contribution >= 0.6 is 0 Å². The van der Waals surface area contributed by atoms with Gasteiger partial charge in [-0.1, -0.05) is 6.07 Å². The molecule has 0 saturated carbocycles. The van der Waals surface area contributed by atoms with Gasteiger partial charge in [0.05, 0.1) is 16.4 Å². The Morgan fingerprint density at radius 3 is 2.61 bits per heavy atom. The molecule has 0 radical (unpaired) electrons. The van der Waals surface area contributed by atoms with E-state index in [9.17, 15) is 28.1 Å². The van der Waals surface area contributed by atoms with Crippen molar-refractivity contribution < 1.29 is 28.0 Å². The number of rotatable bonds is 3. The van der Waals surface area contributed by atoms with Gasteiger partial charge in [-0.3, -0.25) is 19.7 Å². The highest BCUT2D eigenvalue weighted by molar-refractivity contribution is 7.92. The molecule has 2 rings (SSSR count). The summed E-state index contributed by atoms with van der Waals surface area (Å²) in [5.41, 5.74) is 4.60. The van der Waals surface area contributed by atoms with Crippen molar-refractivity contribution in [1.82, 2.24) is 4.90 Å². The van der Waals surface area contributed by atoms with Gasteiger partial charge in [-0.25, -0.2) is 8.42 Å². The van der Waals surface area contributed by atoms with Gasteiger partial charge in [0.2, 0.25) is 0 Å². The van der Waals surface area contributed by atoms with Gasteiger partial charge in [0, 0.05) is 19.2 Å². The van der Waals surface area contributed by atoms with Gasteiger partial charge in [-0.05, 0) is 6.07 Å². The lowest BCUT2D eigenvalue weighted by molar-refractivity contribution is -0.385. The first kappa shape index (κ1) is 16.7. The smallest absolute Gasteiger partial charge is 0.323 e. The normalized spacial score (nSPS) is 20.0. The number of hydrogen-bond acceptors (Lipinski definition) is 7. The van der Waals surface area contributed by atoms with Gasteiger partial charge in [0.15, 0.2) is 15.1 Å². The number of carboxylic acids is 1. The molecule has 1 heterocycles. The quantitative estimate of drug-likeness (QED) is 0.422. The fraction of sp³-hybridized carbons (Fsp3) is 0.333. The molecule has 1 saturated heterocycles. The number of amides is 1. The maximum absolute atomic E-state index is 12.5. The molecule has 3 N–H and O–H groups in total. The molecule has 1 atom stereocenters. The average Bonchev–Trinajstić information content (AvgIpc) is 2.45. The summed E-state index contributed by atoms with van der Waals surface area (Å²) in [6.45, 7) is -0.835. The van der Waals surface area contributed by atoms with Crippen molar-refractivity contribution in [2.45, 2.75) is 5.25 Å². The van der Waals surface area contributed by atoms with Crippen molar-refractivity contribution in [3.8, 4) is 0 Å². The molecule has 1 aliphatic rings. The average molecular weight is 343 g/mol. The number of carbonyl (C=O) groups excluding carboxylic acids is 1. The third kappa shape index (κ3) is 3.08. The van der Waals surface area contributed by atoms with Crippen LogP contribution in [0.4, 0.5) is 11.4 Å². The highest BCUT2D eigenvalue weighted by Crippen LogP contribution is 2.27. The van der Waals surface area contributed by atoms with Crippen molar-refractivity contribution in [2.24, 2.45) is 0 Å². The maximum Gasteiger partial charge on any atom is 0.323 e. The summed E-state index contributed by atoms with van der Waals surface area (Å²) < 4.78 is 23.4. The number of nitrogens with two attached hydrogens (primary N) is 1. The largest absolute Gasteiger partial charge is 0.480 e. The highest BCUT2D eigenvalue weighted by Gasteiger charge is 2.41. The van der Waals surface area contributed by atoms with Crippen LogP contribution < -0.4 is 5.73 Å². The predicted molar refractivity (Wildman–Crippen MR) is 78.6 cm³/mol. The molecule has 0 aliphatic carbocycles. The molecule has 124 valence electrons. The second-order valence-electron chi connectivity index (χ2n) is 4.94. The number of nitrogens with zero attached hydrogens (tertiary/aromatic N) is 2. The number of anilines is 1. The summed E-state index contributed by atoms with van der Waals surface area (Å²) in [4.78, 5) is 34.7. The summed E-state index contributed by atoms with van der Waals surface area (Å²) in [7, 11) is -3.87. The Bertz CT molecular complexity index is 790. The van der Waals surface area contributed by atoms with Crippen LogP contribution in [0.3, 0.4) is 0 Å². The molecule has 0 bridgehead atoms. The number of aliphatic carboxylic acids is 1. The second kappa shape index (κ2) is 5.83. The predicted octanol–water partition coefficient (Wildman–Crippen LogP) is -0.499. The van der Waals surface area contributed by atoms with E-state index in [0.29, 0.717) is 0 Å². The van der Waals surface area contributed by atoms with Gasteiger partial charge in [0.25, 0.3) is 11.6 Å². The molecule has 0 spiro atoms. The van der Waals surface area contributed by atoms with E-state index in [-0.39, 0.29) is 17.8 Å². The van der Waals surface area contributed by atoms with E-state index < -0.39 is 49.9 Å². The minimum Gasteiger partial charge on any atom is -0.480 e. The standard InChI is InChI=1S/C12H13N3O7S/c13-7-2-1-3-8(15(19)20)10(7)11(16)14-4-5-23(21,22)9(6-14)12(17)18/h1-3,9H,4-6,13H2,(H,17,18). The van der Waals surface area contributed by atoms with Crippen molar-refractivity contribution in [2.75, 3.05) is 24.6 Å². The molecule has 0 aromatic heterocycles.